The summed E-state index contributed by atoms with van der Waals surface area (Å²) in [4.78, 5) is 25.1. The minimum absolute atomic E-state index is 0.00110. The lowest BCUT2D eigenvalue weighted by molar-refractivity contribution is -0.387. The normalized spacial score (nSPS) is 10.2. The number of nitrogens with zero attached hydrogens (tertiary/aromatic N) is 2. The first kappa shape index (κ1) is 14.8. The second-order valence-corrected chi connectivity index (χ2v) is 4.29. The van der Waals surface area contributed by atoms with Gasteiger partial charge in [0.25, 0.3) is 5.91 Å². The number of pyridine rings is 1. The molecule has 108 valence electrons. The summed E-state index contributed by atoms with van der Waals surface area (Å²) in [5.74, 6) is -3.61. The van der Waals surface area contributed by atoms with Crippen LogP contribution in [0.15, 0.2) is 30.5 Å². The van der Waals surface area contributed by atoms with Crippen LogP contribution < -0.4 is 5.32 Å². The molecule has 0 saturated heterocycles. The molecule has 21 heavy (non-hydrogen) atoms. The minimum atomic E-state index is -1.43. The van der Waals surface area contributed by atoms with Crippen LogP contribution in [0.3, 0.4) is 0 Å². The zero-order valence-corrected chi connectivity index (χ0v) is 10.9. The van der Waals surface area contributed by atoms with Crippen LogP contribution in [0.4, 0.5) is 20.3 Å². The van der Waals surface area contributed by atoms with Gasteiger partial charge in [-0.3, -0.25) is 14.9 Å². The summed E-state index contributed by atoms with van der Waals surface area (Å²) < 4.78 is 27.1. The number of aromatic nitrogens is 1. The van der Waals surface area contributed by atoms with E-state index in [0.717, 1.165) is 0 Å². The number of carbonyl (C=O) groups excluding carboxylic acids is 1. The van der Waals surface area contributed by atoms with Crippen LogP contribution in [-0.2, 0) is 0 Å². The SMILES string of the molecule is O=C(Nc1cc(Cl)ccn1)c1cc(F)cc([N+](=O)[O-])c1F. The molecule has 1 N–H and O–H groups in total. The molecule has 1 amide bonds. The number of amides is 1. The van der Waals surface area contributed by atoms with Crippen LogP contribution in [0.2, 0.25) is 5.02 Å². The molecule has 0 fully saturated rings. The van der Waals surface area contributed by atoms with Gasteiger partial charge < -0.3 is 5.32 Å². The molecule has 0 saturated carbocycles. The van der Waals surface area contributed by atoms with E-state index >= 15 is 0 Å². The van der Waals surface area contributed by atoms with Gasteiger partial charge >= 0.3 is 5.69 Å². The molecular formula is C12H6ClF2N3O3. The maximum absolute atomic E-state index is 13.8. The molecule has 0 aliphatic heterocycles. The Kier molecular flexibility index (Phi) is 4.08. The van der Waals surface area contributed by atoms with E-state index in [1.54, 1.807) is 0 Å². The molecule has 2 rings (SSSR count). The van der Waals surface area contributed by atoms with Gasteiger partial charge in [0.1, 0.15) is 11.6 Å². The van der Waals surface area contributed by atoms with Crippen molar-refractivity contribution in [1.29, 1.82) is 0 Å². The van der Waals surface area contributed by atoms with E-state index in [4.69, 9.17) is 11.6 Å². The Morgan fingerprint density at radius 1 is 1.33 bits per heavy atom. The number of nitro groups is 1. The van der Waals surface area contributed by atoms with Gasteiger partial charge in [-0.05, 0) is 18.2 Å². The highest BCUT2D eigenvalue weighted by Gasteiger charge is 2.24. The van der Waals surface area contributed by atoms with Crippen LogP contribution in [0.5, 0.6) is 0 Å². The summed E-state index contributed by atoms with van der Waals surface area (Å²) in [6, 6.07) is 3.68. The fraction of sp³-hybridized carbons (Fsp3) is 0. The number of benzene rings is 1. The predicted molar refractivity (Wildman–Crippen MR) is 70.2 cm³/mol. The van der Waals surface area contributed by atoms with Crippen molar-refractivity contribution in [2.75, 3.05) is 5.32 Å². The molecule has 0 bridgehead atoms. The molecular weight excluding hydrogens is 308 g/mol. The molecule has 0 atom stereocenters. The van der Waals surface area contributed by atoms with Crippen molar-refractivity contribution in [3.63, 3.8) is 0 Å². The van der Waals surface area contributed by atoms with Gasteiger partial charge in [0.05, 0.1) is 16.6 Å². The van der Waals surface area contributed by atoms with E-state index in [9.17, 15) is 23.7 Å². The molecule has 0 spiro atoms. The molecule has 0 unspecified atom stereocenters. The molecule has 1 aromatic carbocycles. The van der Waals surface area contributed by atoms with Gasteiger partial charge in [-0.25, -0.2) is 9.37 Å². The number of carbonyl (C=O) groups is 1. The fourth-order valence-corrected chi connectivity index (χ4v) is 1.69. The van der Waals surface area contributed by atoms with E-state index in [1.807, 2.05) is 0 Å². The number of nitro benzene ring substituents is 1. The van der Waals surface area contributed by atoms with Gasteiger partial charge in [-0.1, -0.05) is 11.6 Å². The highest BCUT2D eigenvalue weighted by Crippen LogP contribution is 2.23. The number of hydrogen-bond donors (Lipinski definition) is 1. The smallest absolute Gasteiger partial charge is 0.306 e. The van der Waals surface area contributed by atoms with E-state index < -0.39 is 33.7 Å². The van der Waals surface area contributed by atoms with Crippen molar-refractivity contribution in [2.24, 2.45) is 0 Å². The highest BCUT2D eigenvalue weighted by atomic mass is 35.5. The first-order valence-corrected chi connectivity index (χ1v) is 5.82. The minimum Gasteiger partial charge on any atom is -0.306 e. The Morgan fingerprint density at radius 2 is 2.05 bits per heavy atom. The Balaban J connectivity index is 2.37. The van der Waals surface area contributed by atoms with E-state index in [-0.39, 0.29) is 10.8 Å². The number of hydrogen-bond acceptors (Lipinski definition) is 4. The third-order valence-corrected chi connectivity index (χ3v) is 2.66. The van der Waals surface area contributed by atoms with E-state index in [2.05, 4.69) is 10.3 Å². The van der Waals surface area contributed by atoms with Crippen molar-refractivity contribution in [2.45, 2.75) is 0 Å². The summed E-state index contributed by atoms with van der Waals surface area (Å²) in [6.45, 7) is 0. The topological polar surface area (TPSA) is 85.1 Å². The molecule has 1 heterocycles. The second kappa shape index (κ2) is 5.80. The third-order valence-electron chi connectivity index (χ3n) is 2.42. The maximum atomic E-state index is 13.8. The summed E-state index contributed by atoms with van der Waals surface area (Å²) in [5, 5.41) is 13.0. The van der Waals surface area contributed by atoms with Crippen LogP contribution in [0, 0.1) is 21.7 Å². The Morgan fingerprint density at radius 3 is 2.67 bits per heavy atom. The molecule has 1 aromatic heterocycles. The predicted octanol–water partition coefficient (Wildman–Crippen LogP) is 3.17. The number of halogens is 3. The molecule has 0 radical (unpaired) electrons. The van der Waals surface area contributed by atoms with Crippen LogP contribution in [-0.4, -0.2) is 15.8 Å². The largest absolute Gasteiger partial charge is 0.308 e. The lowest BCUT2D eigenvalue weighted by Gasteiger charge is -2.06. The average Bonchev–Trinajstić information content (AvgIpc) is 2.40. The van der Waals surface area contributed by atoms with Crippen molar-refractivity contribution >= 4 is 29.0 Å². The molecule has 6 nitrogen and oxygen atoms in total. The standard InChI is InChI=1S/C12H6ClF2N3O3/c13-6-1-2-16-10(3-6)17-12(19)8-4-7(14)5-9(11(8)15)18(20)21/h1-5H,(H,16,17,19). The Bertz CT molecular complexity index is 740. The highest BCUT2D eigenvalue weighted by molar-refractivity contribution is 6.30. The van der Waals surface area contributed by atoms with Crippen molar-refractivity contribution in [3.8, 4) is 0 Å². The quantitative estimate of drug-likeness (QED) is 0.696. The van der Waals surface area contributed by atoms with Crippen molar-refractivity contribution < 1.29 is 18.5 Å². The second-order valence-electron chi connectivity index (χ2n) is 3.86. The van der Waals surface area contributed by atoms with Crippen molar-refractivity contribution in [3.05, 3.63) is 62.8 Å². The van der Waals surface area contributed by atoms with E-state index in [1.165, 1.54) is 18.3 Å². The monoisotopic (exact) mass is 313 g/mol. The van der Waals surface area contributed by atoms with Crippen LogP contribution in [0.25, 0.3) is 0 Å². The van der Waals surface area contributed by atoms with Crippen LogP contribution >= 0.6 is 11.6 Å². The first-order chi connectivity index (χ1) is 9.88. The summed E-state index contributed by atoms with van der Waals surface area (Å²) >= 11 is 5.68. The lowest BCUT2D eigenvalue weighted by atomic mass is 10.1. The number of anilines is 1. The van der Waals surface area contributed by atoms with Crippen molar-refractivity contribution in [1.82, 2.24) is 4.98 Å². The van der Waals surface area contributed by atoms with Crippen LogP contribution in [0.1, 0.15) is 10.4 Å². The zero-order valence-electron chi connectivity index (χ0n) is 10.1. The Hall–Kier alpha value is -2.61. The van der Waals surface area contributed by atoms with Gasteiger partial charge in [-0.15, -0.1) is 0 Å². The fourth-order valence-electron chi connectivity index (χ4n) is 1.53. The van der Waals surface area contributed by atoms with Gasteiger partial charge in [0, 0.05) is 11.2 Å². The molecule has 0 aliphatic carbocycles. The third kappa shape index (κ3) is 3.29. The van der Waals surface area contributed by atoms with Gasteiger partial charge in [-0.2, -0.15) is 4.39 Å². The summed E-state index contributed by atoms with van der Waals surface area (Å²) in [5.41, 5.74) is -1.93. The van der Waals surface area contributed by atoms with E-state index in [0.29, 0.717) is 12.1 Å². The molecule has 0 aliphatic rings. The zero-order chi connectivity index (χ0) is 15.6. The average molecular weight is 314 g/mol. The Labute approximate surface area is 121 Å². The lowest BCUT2D eigenvalue weighted by Crippen LogP contribution is -2.16. The molecule has 9 heteroatoms. The number of nitrogens with one attached hydrogen (secondary N) is 1. The van der Waals surface area contributed by atoms with Gasteiger partial charge in [0.2, 0.25) is 5.82 Å². The maximum Gasteiger partial charge on any atom is 0.308 e. The number of rotatable bonds is 3. The summed E-state index contributed by atoms with van der Waals surface area (Å²) in [6.07, 6.45) is 1.29. The first-order valence-electron chi connectivity index (χ1n) is 5.45. The summed E-state index contributed by atoms with van der Waals surface area (Å²) in [7, 11) is 0. The molecule has 2 aromatic rings. The van der Waals surface area contributed by atoms with Gasteiger partial charge in [0.15, 0.2) is 0 Å².